The van der Waals surface area contributed by atoms with Crippen LogP contribution in [-0.2, 0) is 4.74 Å². The Morgan fingerprint density at radius 1 is 1.18 bits per heavy atom. The summed E-state index contributed by atoms with van der Waals surface area (Å²) in [5.74, 6) is 0.435. The molecule has 0 heterocycles. The summed E-state index contributed by atoms with van der Waals surface area (Å²) in [6.07, 6.45) is 0. The van der Waals surface area contributed by atoms with Gasteiger partial charge in [0.1, 0.15) is 11.6 Å². The van der Waals surface area contributed by atoms with E-state index in [1.807, 2.05) is 0 Å². The molecule has 0 bridgehead atoms. The highest BCUT2D eigenvalue weighted by atomic mass is 19.1. The van der Waals surface area contributed by atoms with E-state index in [9.17, 15) is 4.39 Å². The van der Waals surface area contributed by atoms with Gasteiger partial charge in [-0.1, -0.05) is 18.2 Å². The van der Waals surface area contributed by atoms with Gasteiger partial charge in [-0.2, -0.15) is 0 Å². The van der Waals surface area contributed by atoms with Crippen molar-refractivity contribution in [3.63, 3.8) is 0 Å². The topological polar surface area (TPSA) is 18.5 Å². The lowest BCUT2D eigenvalue weighted by Crippen LogP contribution is -2.00. The van der Waals surface area contributed by atoms with Gasteiger partial charge in [0, 0.05) is 12.7 Å². The summed E-state index contributed by atoms with van der Waals surface area (Å²) in [6.45, 7) is 0.179. The molecular formula is C14H12FO2. The molecule has 2 rings (SSSR count). The zero-order valence-corrected chi connectivity index (χ0v) is 9.44. The van der Waals surface area contributed by atoms with Gasteiger partial charge in [-0.15, -0.1) is 0 Å². The molecule has 2 aromatic rings. The quantitative estimate of drug-likeness (QED) is 0.752. The molecule has 0 saturated heterocycles. The van der Waals surface area contributed by atoms with Gasteiger partial charge in [-0.25, -0.2) is 4.39 Å². The molecule has 17 heavy (non-hydrogen) atoms. The number of hydrogen-bond acceptors (Lipinski definition) is 2. The van der Waals surface area contributed by atoms with Crippen molar-refractivity contribution in [1.82, 2.24) is 0 Å². The van der Waals surface area contributed by atoms with Crippen molar-refractivity contribution < 1.29 is 13.9 Å². The third-order valence-electron chi connectivity index (χ3n) is 2.31. The van der Waals surface area contributed by atoms with E-state index in [-0.39, 0.29) is 12.6 Å². The van der Waals surface area contributed by atoms with Crippen molar-refractivity contribution in [3.8, 4) is 16.9 Å². The number of rotatable bonds is 4. The van der Waals surface area contributed by atoms with E-state index >= 15 is 0 Å². The summed E-state index contributed by atoms with van der Waals surface area (Å²) < 4.78 is 23.1. The number of methoxy groups -OCH3 is 1. The first kappa shape index (κ1) is 11.6. The fourth-order valence-electron chi connectivity index (χ4n) is 1.52. The minimum Gasteiger partial charge on any atom is -0.467 e. The Balaban J connectivity index is 2.33. The lowest BCUT2D eigenvalue weighted by molar-refractivity contribution is 0.0515. The molecule has 87 valence electrons. The molecule has 2 nitrogen and oxygen atoms in total. The molecule has 0 aromatic heterocycles. The molecule has 0 N–H and O–H groups in total. The molecule has 2 aromatic carbocycles. The molecule has 0 amide bonds. The lowest BCUT2D eigenvalue weighted by atomic mass is 10.0. The number of benzene rings is 2. The van der Waals surface area contributed by atoms with Crippen LogP contribution >= 0.6 is 0 Å². The molecule has 1 radical (unpaired) electrons. The van der Waals surface area contributed by atoms with Crippen molar-refractivity contribution in [3.05, 3.63) is 54.3 Å². The molecule has 0 aliphatic carbocycles. The molecule has 0 atom stereocenters. The molecular weight excluding hydrogens is 219 g/mol. The molecule has 0 unspecified atom stereocenters. The van der Waals surface area contributed by atoms with E-state index in [1.165, 1.54) is 12.1 Å². The van der Waals surface area contributed by atoms with Crippen LogP contribution in [0.4, 0.5) is 4.39 Å². The number of halogens is 1. The Morgan fingerprint density at radius 3 is 2.65 bits per heavy atom. The second-order valence-corrected chi connectivity index (χ2v) is 3.48. The van der Waals surface area contributed by atoms with Gasteiger partial charge in [-0.05, 0) is 35.9 Å². The zero-order valence-electron chi connectivity index (χ0n) is 9.44. The molecule has 0 aliphatic rings. The van der Waals surface area contributed by atoms with Gasteiger partial charge in [0.2, 0.25) is 0 Å². The smallest absolute Gasteiger partial charge is 0.188 e. The van der Waals surface area contributed by atoms with Crippen LogP contribution < -0.4 is 4.74 Å². The normalized spacial score (nSPS) is 10.2. The maximum Gasteiger partial charge on any atom is 0.188 e. The van der Waals surface area contributed by atoms with Crippen molar-refractivity contribution >= 4 is 0 Å². The second kappa shape index (κ2) is 5.46. The SMILES string of the molecule is COCOc1cc[c]cc1-c1ccc(F)cc1. The average Bonchev–Trinajstić information content (AvgIpc) is 2.38. The van der Waals surface area contributed by atoms with Gasteiger partial charge in [0.25, 0.3) is 0 Å². The molecule has 3 heteroatoms. The van der Waals surface area contributed by atoms with Crippen LogP contribution in [-0.4, -0.2) is 13.9 Å². The second-order valence-electron chi connectivity index (χ2n) is 3.48. The standard InChI is InChI=1S/C14H12FO2/c1-16-10-17-14-5-3-2-4-13(14)11-6-8-12(15)9-7-11/h3-9H,10H2,1H3. The fraction of sp³-hybridized carbons (Fsp3) is 0.143. The molecule has 0 fully saturated rings. The fourth-order valence-corrected chi connectivity index (χ4v) is 1.52. The minimum absolute atomic E-state index is 0.179. The first-order valence-corrected chi connectivity index (χ1v) is 5.19. The van der Waals surface area contributed by atoms with Crippen LogP contribution in [0.2, 0.25) is 0 Å². The van der Waals surface area contributed by atoms with Crippen LogP contribution in [0, 0.1) is 11.9 Å². The Hall–Kier alpha value is -1.87. The highest BCUT2D eigenvalue weighted by Gasteiger charge is 2.05. The van der Waals surface area contributed by atoms with Crippen LogP contribution in [0.25, 0.3) is 11.1 Å². The third kappa shape index (κ3) is 2.82. The maximum absolute atomic E-state index is 12.8. The predicted octanol–water partition coefficient (Wildman–Crippen LogP) is 3.28. The summed E-state index contributed by atoms with van der Waals surface area (Å²) in [7, 11) is 1.56. The van der Waals surface area contributed by atoms with E-state index < -0.39 is 0 Å². The maximum atomic E-state index is 12.8. The first-order valence-electron chi connectivity index (χ1n) is 5.19. The third-order valence-corrected chi connectivity index (χ3v) is 2.31. The molecule has 0 saturated carbocycles. The van der Waals surface area contributed by atoms with E-state index in [1.54, 1.807) is 37.4 Å². The van der Waals surface area contributed by atoms with Gasteiger partial charge in [0.05, 0.1) is 0 Å². The highest BCUT2D eigenvalue weighted by molar-refractivity contribution is 5.70. The monoisotopic (exact) mass is 231 g/mol. The van der Waals surface area contributed by atoms with Crippen molar-refractivity contribution in [2.24, 2.45) is 0 Å². The van der Waals surface area contributed by atoms with Gasteiger partial charge < -0.3 is 9.47 Å². The summed E-state index contributed by atoms with van der Waals surface area (Å²) in [5, 5.41) is 0. The highest BCUT2D eigenvalue weighted by Crippen LogP contribution is 2.29. The van der Waals surface area contributed by atoms with Gasteiger partial charge in [-0.3, -0.25) is 0 Å². The first-order chi connectivity index (χ1) is 8.31. The van der Waals surface area contributed by atoms with Crippen molar-refractivity contribution in [1.29, 1.82) is 0 Å². The average molecular weight is 231 g/mol. The van der Waals surface area contributed by atoms with Crippen LogP contribution in [0.15, 0.2) is 42.5 Å². The van der Waals surface area contributed by atoms with E-state index in [0.29, 0.717) is 5.75 Å². The van der Waals surface area contributed by atoms with Crippen molar-refractivity contribution in [2.45, 2.75) is 0 Å². The van der Waals surface area contributed by atoms with E-state index in [0.717, 1.165) is 11.1 Å². The number of ether oxygens (including phenoxy) is 2. The minimum atomic E-state index is -0.256. The Morgan fingerprint density at radius 2 is 1.94 bits per heavy atom. The Labute approximate surface area is 99.6 Å². The lowest BCUT2D eigenvalue weighted by Gasteiger charge is -2.10. The van der Waals surface area contributed by atoms with Crippen LogP contribution in [0.1, 0.15) is 0 Å². The number of hydrogen-bond donors (Lipinski definition) is 0. The summed E-state index contributed by atoms with van der Waals surface area (Å²) >= 11 is 0. The largest absolute Gasteiger partial charge is 0.467 e. The van der Waals surface area contributed by atoms with E-state index in [4.69, 9.17) is 9.47 Å². The predicted molar refractivity (Wildman–Crippen MR) is 63.2 cm³/mol. The molecule has 0 spiro atoms. The Bertz CT molecular complexity index is 480. The van der Waals surface area contributed by atoms with Crippen LogP contribution in [0.5, 0.6) is 5.75 Å². The zero-order chi connectivity index (χ0) is 12.1. The van der Waals surface area contributed by atoms with Gasteiger partial charge >= 0.3 is 0 Å². The van der Waals surface area contributed by atoms with Gasteiger partial charge in [0.15, 0.2) is 6.79 Å². The summed E-state index contributed by atoms with van der Waals surface area (Å²) in [5.41, 5.74) is 1.75. The Kier molecular flexibility index (Phi) is 3.73. The summed E-state index contributed by atoms with van der Waals surface area (Å²) in [4.78, 5) is 0. The van der Waals surface area contributed by atoms with E-state index in [2.05, 4.69) is 6.07 Å². The van der Waals surface area contributed by atoms with Crippen molar-refractivity contribution in [2.75, 3.05) is 13.9 Å². The summed E-state index contributed by atoms with van der Waals surface area (Å²) in [6, 6.07) is 14.6. The molecule has 0 aliphatic heterocycles. The van der Waals surface area contributed by atoms with Crippen LogP contribution in [0.3, 0.4) is 0 Å².